The van der Waals surface area contributed by atoms with Crippen molar-refractivity contribution in [1.29, 1.82) is 0 Å². The third kappa shape index (κ3) is 3.60. The molecule has 0 spiro atoms. The first kappa shape index (κ1) is 15.0. The largest absolute Gasteiger partial charge is 0.497 e. The molecule has 0 saturated heterocycles. The van der Waals surface area contributed by atoms with Crippen LogP contribution >= 0.6 is 0 Å². The Bertz CT molecular complexity index is 442. The second-order valence-electron chi connectivity index (χ2n) is 5.99. The molecule has 1 fully saturated rings. The van der Waals surface area contributed by atoms with Crippen LogP contribution in [0.4, 0.5) is 0 Å². The number of benzene rings is 1. The van der Waals surface area contributed by atoms with Gasteiger partial charge in [-0.15, -0.1) is 0 Å². The zero-order valence-electron chi connectivity index (χ0n) is 12.4. The Morgan fingerprint density at radius 3 is 2.45 bits per heavy atom. The van der Waals surface area contributed by atoms with Gasteiger partial charge >= 0.3 is 0 Å². The molecule has 0 heterocycles. The number of carbonyl (C=O) groups excluding carboxylic acids is 1. The summed E-state index contributed by atoms with van der Waals surface area (Å²) in [5.41, 5.74) is 0.0332. The van der Waals surface area contributed by atoms with Crippen molar-refractivity contribution in [2.75, 3.05) is 7.11 Å². The lowest BCUT2D eigenvalue weighted by Crippen LogP contribution is -2.42. The number of aliphatic hydroxyl groups is 1. The number of aryl methyl sites for hydroxylation is 1. The SMILES string of the molecule is COc1ccc(CCC(=O)C2(O)CCC(C)CC2)cc1. The van der Waals surface area contributed by atoms with Crippen molar-refractivity contribution in [2.45, 2.75) is 51.0 Å². The lowest BCUT2D eigenvalue weighted by molar-refractivity contribution is -0.141. The van der Waals surface area contributed by atoms with Crippen molar-refractivity contribution < 1.29 is 14.6 Å². The van der Waals surface area contributed by atoms with E-state index in [0.717, 1.165) is 24.2 Å². The predicted molar refractivity (Wildman–Crippen MR) is 78.9 cm³/mol. The fourth-order valence-electron chi connectivity index (χ4n) is 2.80. The van der Waals surface area contributed by atoms with Gasteiger partial charge in [0.2, 0.25) is 0 Å². The highest BCUT2D eigenvalue weighted by Crippen LogP contribution is 2.33. The van der Waals surface area contributed by atoms with Gasteiger partial charge in [0.1, 0.15) is 11.4 Å². The van der Waals surface area contributed by atoms with Crippen LogP contribution in [-0.2, 0) is 11.2 Å². The highest BCUT2D eigenvalue weighted by molar-refractivity contribution is 5.87. The van der Waals surface area contributed by atoms with E-state index in [1.165, 1.54) is 0 Å². The van der Waals surface area contributed by atoms with Crippen molar-refractivity contribution in [3.63, 3.8) is 0 Å². The van der Waals surface area contributed by atoms with Crippen LogP contribution in [-0.4, -0.2) is 23.6 Å². The van der Waals surface area contributed by atoms with Gasteiger partial charge in [-0.2, -0.15) is 0 Å². The maximum absolute atomic E-state index is 12.2. The van der Waals surface area contributed by atoms with Gasteiger partial charge in [0.05, 0.1) is 7.11 Å². The third-order valence-corrected chi connectivity index (χ3v) is 4.42. The Morgan fingerprint density at radius 2 is 1.90 bits per heavy atom. The molecule has 0 bridgehead atoms. The number of carbonyl (C=O) groups is 1. The number of methoxy groups -OCH3 is 1. The topological polar surface area (TPSA) is 46.5 Å². The molecular formula is C17H24O3. The summed E-state index contributed by atoms with van der Waals surface area (Å²) in [5, 5.41) is 10.4. The van der Waals surface area contributed by atoms with Crippen molar-refractivity contribution in [3.05, 3.63) is 29.8 Å². The normalized spacial score (nSPS) is 26.2. The maximum atomic E-state index is 12.2. The van der Waals surface area contributed by atoms with Gasteiger partial charge in [0.15, 0.2) is 5.78 Å². The van der Waals surface area contributed by atoms with Gasteiger partial charge in [-0.25, -0.2) is 0 Å². The summed E-state index contributed by atoms with van der Waals surface area (Å²) < 4.78 is 5.11. The van der Waals surface area contributed by atoms with E-state index in [9.17, 15) is 9.90 Å². The first-order chi connectivity index (χ1) is 9.53. The molecule has 20 heavy (non-hydrogen) atoms. The number of hydrogen-bond acceptors (Lipinski definition) is 3. The number of ether oxygens (including phenoxy) is 1. The van der Waals surface area contributed by atoms with E-state index >= 15 is 0 Å². The summed E-state index contributed by atoms with van der Waals surface area (Å²) in [6.45, 7) is 2.18. The zero-order chi connectivity index (χ0) is 14.6. The third-order valence-electron chi connectivity index (χ3n) is 4.42. The number of ketones is 1. The van der Waals surface area contributed by atoms with Crippen LogP contribution in [0.1, 0.15) is 44.6 Å². The van der Waals surface area contributed by atoms with Gasteiger partial charge in [-0.1, -0.05) is 19.1 Å². The molecule has 1 aromatic carbocycles. The Morgan fingerprint density at radius 1 is 1.30 bits per heavy atom. The summed E-state index contributed by atoms with van der Waals surface area (Å²) in [4.78, 5) is 12.2. The summed E-state index contributed by atoms with van der Waals surface area (Å²) in [6, 6.07) is 7.74. The van der Waals surface area contributed by atoms with Gasteiger partial charge in [-0.3, -0.25) is 4.79 Å². The fraction of sp³-hybridized carbons (Fsp3) is 0.588. The van der Waals surface area contributed by atoms with E-state index in [1.54, 1.807) is 7.11 Å². The lowest BCUT2D eigenvalue weighted by atomic mass is 9.76. The van der Waals surface area contributed by atoms with E-state index in [4.69, 9.17) is 4.74 Å². The molecule has 0 aliphatic heterocycles. The minimum Gasteiger partial charge on any atom is -0.497 e. The zero-order valence-corrected chi connectivity index (χ0v) is 12.4. The molecule has 1 aliphatic rings. The Hall–Kier alpha value is -1.35. The first-order valence-electron chi connectivity index (χ1n) is 7.42. The quantitative estimate of drug-likeness (QED) is 0.898. The van der Waals surface area contributed by atoms with E-state index in [2.05, 4.69) is 6.92 Å². The molecule has 0 amide bonds. The molecule has 1 N–H and O–H groups in total. The molecule has 0 radical (unpaired) electrons. The molecule has 1 aromatic rings. The molecule has 1 saturated carbocycles. The van der Waals surface area contributed by atoms with Crippen LogP contribution < -0.4 is 4.74 Å². The average Bonchev–Trinajstić information content (AvgIpc) is 2.48. The first-order valence-corrected chi connectivity index (χ1v) is 7.42. The highest BCUT2D eigenvalue weighted by Gasteiger charge is 2.37. The van der Waals surface area contributed by atoms with Gasteiger partial charge in [0, 0.05) is 6.42 Å². The molecule has 1 aliphatic carbocycles. The Labute approximate surface area is 121 Å². The molecule has 3 nitrogen and oxygen atoms in total. The minimum absolute atomic E-state index is 0.000202. The molecule has 110 valence electrons. The van der Waals surface area contributed by atoms with Crippen LogP contribution in [0.25, 0.3) is 0 Å². The van der Waals surface area contributed by atoms with Gasteiger partial charge in [-0.05, 0) is 55.7 Å². The molecule has 0 aromatic heterocycles. The van der Waals surface area contributed by atoms with Crippen molar-refractivity contribution in [3.8, 4) is 5.75 Å². The smallest absolute Gasteiger partial charge is 0.164 e. The Balaban J connectivity index is 1.88. The van der Waals surface area contributed by atoms with Crippen LogP contribution in [0.15, 0.2) is 24.3 Å². The van der Waals surface area contributed by atoms with E-state index in [0.29, 0.717) is 31.6 Å². The van der Waals surface area contributed by atoms with Crippen LogP contribution in [0.5, 0.6) is 5.75 Å². The predicted octanol–water partition coefficient (Wildman–Crippen LogP) is 3.14. The molecule has 0 unspecified atom stereocenters. The standard InChI is InChI=1S/C17H24O3/c1-13-9-11-17(19,12-10-13)16(18)8-5-14-3-6-15(20-2)7-4-14/h3-4,6-7,13,19H,5,8-12H2,1-2H3. The second-order valence-corrected chi connectivity index (χ2v) is 5.99. The van der Waals surface area contributed by atoms with Crippen molar-refractivity contribution >= 4 is 5.78 Å². The van der Waals surface area contributed by atoms with E-state index in [1.807, 2.05) is 24.3 Å². The van der Waals surface area contributed by atoms with E-state index in [-0.39, 0.29) is 5.78 Å². The van der Waals surface area contributed by atoms with Crippen molar-refractivity contribution in [2.24, 2.45) is 5.92 Å². The van der Waals surface area contributed by atoms with E-state index < -0.39 is 5.60 Å². The summed E-state index contributed by atoms with van der Waals surface area (Å²) >= 11 is 0. The van der Waals surface area contributed by atoms with Gasteiger partial charge < -0.3 is 9.84 Å². The number of hydrogen-bond donors (Lipinski definition) is 1. The van der Waals surface area contributed by atoms with Crippen LogP contribution in [0, 0.1) is 5.92 Å². The highest BCUT2D eigenvalue weighted by atomic mass is 16.5. The number of rotatable bonds is 5. The summed E-state index contributed by atoms with van der Waals surface area (Å²) in [5.74, 6) is 1.45. The average molecular weight is 276 g/mol. The second kappa shape index (κ2) is 6.40. The maximum Gasteiger partial charge on any atom is 0.164 e. The number of Topliss-reactive ketones (excluding diaryl/α,β-unsaturated/α-hetero) is 1. The molecular weight excluding hydrogens is 252 g/mol. The summed E-state index contributed by atoms with van der Waals surface area (Å²) in [7, 11) is 1.64. The van der Waals surface area contributed by atoms with Crippen LogP contribution in [0.2, 0.25) is 0 Å². The summed E-state index contributed by atoms with van der Waals surface area (Å²) in [6.07, 6.45) is 4.23. The Kier molecular flexibility index (Phi) is 4.81. The minimum atomic E-state index is -1.07. The molecule has 3 heteroatoms. The van der Waals surface area contributed by atoms with Crippen LogP contribution in [0.3, 0.4) is 0 Å². The fourth-order valence-corrected chi connectivity index (χ4v) is 2.80. The molecule has 2 rings (SSSR count). The molecule has 0 atom stereocenters. The lowest BCUT2D eigenvalue weighted by Gasteiger charge is -2.33. The van der Waals surface area contributed by atoms with Gasteiger partial charge in [0.25, 0.3) is 0 Å². The monoisotopic (exact) mass is 276 g/mol. The van der Waals surface area contributed by atoms with Crippen molar-refractivity contribution in [1.82, 2.24) is 0 Å².